The van der Waals surface area contributed by atoms with Crippen LogP contribution in [0.2, 0.25) is 0 Å². The van der Waals surface area contributed by atoms with Gasteiger partial charge in [-0.15, -0.1) is 0 Å². The van der Waals surface area contributed by atoms with Gasteiger partial charge < -0.3 is 4.57 Å². The Balaban J connectivity index is 1.06. The summed E-state index contributed by atoms with van der Waals surface area (Å²) < 4.78 is 2.38. The highest BCUT2D eigenvalue weighted by molar-refractivity contribution is 6.11. The van der Waals surface area contributed by atoms with E-state index in [0.29, 0.717) is 0 Å². The van der Waals surface area contributed by atoms with E-state index >= 15 is 0 Å². The number of rotatable bonds is 5. The molecule has 0 saturated heterocycles. The summed E-state index contributed by atoms with van der Waals surface area (Å²) in [6, 6.07) is 61.8. The van der Waals surface area contributed by atoms with E-state index < -0.39 is 0 Å². The minimum absolute atomic E-state index is 0.185. The number of benzene rings is 7. The minimum Gasteiger partial charge on any atom is -0.309 e. The molecule has 54 heavy (non-hydrogen) atoms. The minimum atomic E-state index is -0.185. The summed E-state index contributed by atoms with van der Waals surface area (Å²) in [7, 11) is 0. The van der Waals surface area contributed by atoms with Gasteiger partial charge in [0.25, 0.3) is 0 Å². The molecule has 1 aliphatic heterocycles. The van der Waals surface area contributed by atoms with Gasteiger partial charge in [0, 0.05) is 33.9 Å². The monoisotopic (exact) mass is 692 g/mol. The van der Waals surface area contributed by atoms with Gasteiger partial charge in [-0.1, -0.05) is 147 Å². The van der Waals surface area contributed by atoms with E-state index in [1.807, 2.05) is 0 Å². The summed E-state index contributed by atoms with van der Waals surface area (Å²) in [4.78, 5) is 5.42. The summed E-state index contributed by atoms with van der Waals surface area (Å²) in [6.45, 7) is 7.00. The van der Waals surface area contributed by atoms with Crippen LogP contribution >= 0.6 is 0 Å². The van der Waals surface area contributed by atoms with Crippen LogP contribution in [-0.2, 0) is 5.41 Å². The van der Waals surface area contributed by atoms with Crippen LogP contribution in [0.15, 0.2) is 186 Å². The molecule has 0 atom stereocenters. The molecule has 2 nitrogen and oxygen atoms in total. The maximum absolute atomic E-state index is 5.42. The Morgan fingerprint density at radius 1 is 0.500 bits per heavy atom. The summed E-state index contributed by atoms with van der Waals surface area (Å²) >= 11 is 0. The first kappa shape index (κ1) is 32.2. The zero-order chi connectivity index (χ0) is 36.4. The van der Waals surface area contributed by atoms with Crippen molar-refractivity contribution in [1.82, 2.24) is 4.57 Å². The van der Waals surface area contributed by atoms with Crippen molar-refractivity contribution in [1.29, 1.82) is 0 Å². The third-order valence-electron chi connectivity index (χ3n) is 11.6. The van der Waals surface area contributed by atoms with Crippen LogP contribution < -0.4 is 0 Å². The molecule has 0 spiro atoms. The number of aromatic nitrogens is 1. The molecule has 1 aliphatic carbocycles. The van der Waals surface area contributed by atoms with Crippen LogP contribution in [0.3, 0.4) is 0 Å². The third-order valence-corrected chi connectivity index (χ3v) is 11.6. The topological polar surface area (TPSA) is 17.3 Å². The van der Waals surface area contributed by atoms with Crippen molar-refractivity contribution in [3.63, 3.8) is 0 Å². The summed E-state index contributed by atoms with van der Waals surface area (Å²) in [6.07, 6.45) is 3.11. The SMILES string of the molecule is CC1=C(c2ccccc2)C=C(c2ccc3c(c2)C(C)(C)c2cc(-c4ccc5c(c4)c4ccccc4n5-c4ccccc4)ccc2-3)N=C(c2ccccc2)C1. The lowest BCUT2D eigenvalue weighted by molar-refractivity contribution is 0.660. The van der Waals surface area contributed by atoms with E-state index in [4.69, 9.17) is 4.99 Å². The van der Waals surface area contributed by atoms with E-state index in [1.165, 1.54) is 83.1 Å². The second-order valence-electron chi connectivity index (χ2n) is 15.3. The van der Waals surface area contributed by atoms with Crippen molar-refractivity contribution in [2.24, 2.45) is 4.99 Å². The zero-order valence-corrected chi connectivity index (χ0v) is 30.8. The van der Waals surface area contributed by atoms with Gasteiger partial charge in [0.2, 0.25) is 0 Å². The normalized spacial score (nSPS) is 14.8. The molecule has 0 fully saturated rings. The van der Waals surface area contributed by atoms with Crippen molar-refractivity contribution in [3.8, 4) is 27.9 Å². The van der Waals surface area contributed by atoms with Crippen molar-refractivity contribution in [2.45, 2.75) is 32.6 Å². The maximum Gasteiger partial charge on any atom is 0.0711 e. The molecule has 10 rings (SSSR count). The van der Waals surface area contributed by atoms with Crippen LogP contribution in [0.25, 0.3) is 61.0 Å². The summed E-state index contributed by atoms with van der Waals surface area (Å²) in [5, 5.41) is 2.54. The Morgan fingerprint density at radius 3 is 1.78 bits per heavy atom. The van der Waals surface area contributed by atoms with Gasteiger partial charge in [0.05, 0.1) is 22.4 Å². The van der Waals surface area contributed by atoms with Crippen LogP contribution in [0.4, 0.5) is 0 Å². The van der Waals surface area contributed by atoms with Gasteiger partial charge in [-0.2, -0.15) is 0 Å². The Labute approximate surface area is 317 Å². The average molecular weight is 693 g/mol. The number of allylic oxidation sites excluding steroid dienone is 3. The average Bonchev–Trinajstić information content (AvgIpc) is 3.58. The Bertz CT molecular complexity index is 2850. The predicted molar refractivity (Wildman–Crippen MR) is 228 cm³/mol. The molecule has 2 aliphatic rings. The standard InChI is InChI=1S/C52H40N2/c1-34-29-48(36-17-9-5-10-18-36)53-49(33-44(34)35-15-7-4-8-16-35)39-24-27-42-41-26-23-38(31-46(41)52(2,3)47(42)32-39)37-25-28-51-45(30-37)43-21-13-14-22-50(43)54(51)40-19-11-6-12-20-40/h4-28,30-33H,29H2,1-3H3. The van der Waals surface area contributed by atoms with Crippen LogP contribution in [0, 0.1) is 0 Å². The molecule has 0 saturated carbocycles. The first-order chi connectivity index (χ1) is 26.4. The molecule has 2 heteroatoms. The van der Waals surface area contributed by atoms with E-state index in [2.05, 4.69) is 201 Å². The number of aliphatic imine (C=N–C) groups is 1. The van der Waals surface area contributed by atoms with Gasteiger partial charge in [-0.05, 0) is 106 Å². The van der Waals surface area contributed by atoms with E-state index in [1.54, 1.807) is 0 Å². The lowest BCUT2D eigenvalue weighted by atomic mass is 9.81. The fourth-order valence-electron chi connectivity index (χ4n) is 8.80. The lowest BCUT2D eigenvalue weighted by Gasteiger charge is -2.23. The number of nitrogens with zero attached hydrogens (tertiary/aromatic N) is 2. The highest BCUT2D eigenvalue weighted by atomic mass is 15.0. The molecule has 0 amide bonds. The molecule has 0 unspecified atom stereocenters. The molecule has 7 aromatic carbocycles. The number of hydrogen-bond acceptors (Lipinski definition) is 1. The fourth-order valence-corrected chi connectivity index (χ4v) is 8.80. The van der Waals surface area contributed by atoms with Crippen LogP contribution in [0.5, 0.6) is 0 Å². The van der Waals surface area contributed by atoms with Gasteiger partial charge >= 0.3 is 0 Å². The fraction of sp³-hybridized carbons (Fsp3) is 0.0962. The predicted octanol–water partition coefficient (Wildman–Crippen LogP) is 13.5. The molecular weight excluding hydrogens is 653 g/mol. The maximum atomic E-state index is 5.42. The smallest absolute Gasteiger partial charge is 0.0711 e. The second kappa shape index (κ2) is 12.6. The van der Waals surface area contributed by atoms with Crippen molar-refractivity contribution < 1.29 is 0 Å². The molecular formula is C52H40N2. The van der Waals surface area contributed by atoms with Gasteiger partial charge in [0.1, 0.15) is 0 Å². The molecule has 0 N–H and O–H groups in total. The summed E-state index contributed by atoms with van der Waals surface area (Å²) in [5.41, 5.74) is 19.5. The Kier molecular flexibility index (Phi) is 7.49. The molecule has 1 aromatic heterocycles. The van der Waals surface area contributed by atoms with E-state index in [9.17, 15) is 0 Å². The van der Waals surface area contributed by atoms with Crippen LogP contribution in [-0.4, -0.2) is 10.3 Å². The number of hydrogen-bond donors (Lipinski definition) is 0. The highest BCUT2D eigenvalue weighted by Crippen LogP contribution is 2.51. The van der Waals surface area contributed by atoms with Gasteiger partial charge in [-0.3, -0.25) is 4.99 Å². The second-order valence-corrected chi connectivity index (χ2v) is 15.3. The molecule has 8 aromatic rings. The number of fused-ring (bicyclic) bond motifs is 6. The number of para-hydroxylation sites is 2. The Hall–Kier alpha value is -6.51. The van der Waals surface area contributed by atoms with Gasteiger partial charge in [0.15, 0.2) is 0 Å². The van der Waals surface area contributed by atoms with E-state index in [0.717, 1.165) is 23.4 Å². The Morgan fingerprint density at radius 2 is 1.06 bits per heavy atom. The van der Waals surface area contributed by atoms with Crippen molar-refractivity contribution >= 4 is 38.8 Å². The van der Waals surface area contributed by atoms with Crippen LogP contribution in [0.1, 0.15) is 55.0 Å². The van der Waals surface area contributed by atoms with Crippen molar-refractivity contribution in [2.75, 3.05) is 0 Å². The highest BCUT2D eigenvalue weighted by Gasteiger charge is 2.36. The molecule has 0 bridgehead atoms. The third kappa shape index (κ3) is 5.21. The van der Waals surface area contributed by atoms with Gasteiger partial charge in [-0.25, -0.2) is 0 Å². The molecule has 0 radical (unpaired) electrons. The quantitative estimate of drug-likeness (QED) is 0.171. The zero-order valence-electron chi connectivity index (χ0n) is 30.8. The van der Waals surface area contributed by atoms with Crippen molar-refractivity contribution in [3.05, 3.63) is 209 Å². The molecule has 258 valence electrons. The molecule has 2 heterocycles. The first-order valence-electron chi connectivity index (χ1n) is 18.9. The largest absolute Gasteiger partial charge is 0.309 e. The first-order valence-corrected chi connectivity index (χ1v) is 18.9. The lowest BCUT2D eigenvalue weighted by Crippen LogP contribution is -2.15. The van der Waals surface area contributed by atoms with E-state index in [-0.39, 0.29) is 5.41 Å². The summed E-state index contributed by atoms with van der Waals surface area (Å²) in [5.74, 6) is 0.